The average molecular weight is 476 g/mol. The standard InChI is InChI=1S/C20H14Cl4OS2/c1-20(2)26-17(9-11-13(21)5-3-6-14(11)22)19(25)18(27-20)10-12-15(23)7-4-8-16(12)24/h3-10H,1-2H3/b17-9-,18-10-. The third-order valence-electron chi connectivity index (χ3n) is 3.71. The maximum atomic E-state index is 13.1. The number of carbonyl (C=O) groups excluding carboxylic acids is 1. The van der Waals surface area contributed by atoms with Crippen molar-refractivity contribution in [1.29, 1.82) is 0 Å². The van der Waals surface area contributed by atoms with Crippen molar-refractivity contribution in [3.63, 3.8) is 0 Å². The predicted molar refractivity (Wildman–Crippen MR) is 123 cm³/mol. The molecule has 0 bridgehead atoms. The number of halogens is 4. The number of allylic oxidation sites excluding steroid dienone is 2. The second kappa shape index (κ2) is 8.44. The SMILES string of the molecule is CC1(C)S/C(=C\c2c(Cl)cccc2Cl)C(=O)/C(=C/c2c(Cl)cccc2Cl)S1. The molecule has 1 heterocycles. The van der Waals surface area contributed by atoms with Crippen LogP contribution in [-0.4, -0.2) is 9.86 Å². The highest BCUT2D eigenvalue weighted by molar-refractivity contribution is 8.23. The molecule has 0 atom stereocenters. The largest absolute Gasteiger partial charge is 0.287 e. The summed E-state index contributed by atoms with van der Waals surface area (Å²) in [4.78, 5) is 14.3. The molecule has 0 unspecified atom stereocenters. The van der Waals surface area contributed by atoms with Gasteiger partial charge in [-0.15, -0.1) is 23.5 Å². The maximum Gasteiger partial charge on any atom is 0.205 e. The zero-order valence-electron chi connectivity index (χ0n) is 14.4. The highest BCUT2D eigenvalue weighted by Crippen LogP contribution is 2.52. The van der Waals surface area contributed by atoms with Gasteiger partial charge in [0.15, 0.2) is 0 Å². The summed E-state index contributed by atoms with van der Waals surface area (Å²) in [5.41, 5.74) is 1.27. The number of rotatable bonds is 2. The molecular weight excluding hydrogens is 462 g/mol. The van der Waals surface area contributed by atoms with E-state index in [1.54, 1.807) is 48.6 Å². The van der Waals surface area contributed by atoms with E-state index in [4.69, 9.17) is 46.4 Å². The van der Waals surface area contributed by atoms with Crippen LogP contribution in [0.3, 0.4) is 0 Å². The molecule has 27 heavy (non-hydrogen) atoms. The van der Waals surface area contributed by atoms with E-state index in [0.717, 1.165) is 0 Å². The first-order valence-electron chi connectivity index (χ1n) is 7.92. The van der Waals surface area contributed by atoms with E-state index in [-0.39, 0.29) is 9.86 Å². The fourth-order valence-corrected chi connectivity index (χ4v) is 6.12. The fraction of sp³-hybridized carbons (Fsp3) is 0.150. The third kappa shape index (κ3) is 4.90. The smallest absolute Gasteiger partial charge is 0.205 e. The molecule has 1 nitrogen and oxygen atoms in total. The molecule has 0 spiro atoms. The summed E-state index contributed by atoms with van der Waals surface area (Å²) in [6.07, 6.45) is 3.50. The summed E-state index contributed by atoms with van der Waals surface area (Å²) in [6.45, 7) is 4.11. The van der Waals surface area contributed by atoms with Crippen molar-refractivity contribution in [2.75, 3.05) is 0 Å². The number of thioether (sulfide) groups is 2. The zero-order chi connectivity index (χ0) is 19.8. The van der Waals surface area contributed by atoms with Gasteiger partial charge in [-0.25, -0.2) is 0 Å². The molecule has 0 amide bonds. The van der Waals surface area contributed by atoms with Gasteiger partial charge >= 0.3 is 0 Å². The molecule has 1 fully saturated rings. The monoisotopic (exact) mass is 474 g/mol. The minimum Gasteiger partial charge on any atom is -0.287 e. The summed E-state index contributed by atoms with van der Waals surface area (Å²) in [7, 11) is 0. The summed E-state index contributed by atoms with van der Waals surface area (Å²) in [5.74, 6) is -0.101. The molecular formula is C20H14Cl4OS2. The van der Waals surface area contributed by atoms with Gasteiger partial charge in [-0.2, -0.15) is 0 Å². The van der Waals surface area contributed by atoms with Crippen molar-refractivity contribution < 1.29 is 4.79 Å². The van der Waals surface area contributed by atoms with Crippen LogP contribution in [0.2, 0.25) is 20.1 Å². The van der Waals surface area contributed by atoms with Crippen molar-refractivity contribution in [3.05, 3.63) is 77.4 Å². The highest BCUT2D eigenvalue weighted by atomic mass is 35.5. The van der Waals surface area contributed by atoms with E-state index in [9.17, 15) is 4.79 Å². The van der Waals surface area contributed by atoms with Gasteiger partial charge in [0.1, 0.15) is 0 Å². The number of ketones is 1. The van der Waals surface area contributed by atoms with Gasteiger partial charge in [-0.1, -0.05) is 58.5 Å². The molecule has 0 aromatic heterocycles. The van der Waals surface area contributed by atoms with E-state index >= 15 is 0 Å². The van der Waals surface area contributed by atoms with Crippen molar-refractivity contribution in [2.24, 2.45) is 0 Å². The minimum absolute atomic E-state index is 0.101. The van der Waals surface area contributed by atoms with Crippen molar-refractivity contribution in [1.82, 2.24) is 0 Å². The van der Waals surface area contributed by atoms with Crippen LogP contribution < -0.4 is 0 Å². The molecule has 7 heteroatoms. The number of carbonyl (C=O) groups is 1. The first-order valence-corrected chi connectivity index (χ1v) is 11.1. The summed E-state index contributed by atoms with van der Waals surface area (Å²) < 4.78 is -0.257. The van der Waals surface area contributed by atoms with Crippen molar-refractivity contribution >= 4 is 87.9 Å². The number of hydrogen-bond donors (Lipinski definition) is 0. The van der Waals surface area contributed by atoms with Crippen LogP contribution >= 0.6 is 69.9 Å². The van der Waals surface area contributed by atoms with E-state index in [0.29, 0.717) is 41.0 Å². The number of Topliss-reactive ketones (excluding diaryl/α,β-unsaturated/α-hetero) is 1. The molecule has 0 aliphatic carbocycles. The first-order chi connectivity index (χ1) is 12.7. The van der Waals surface area contributed by atoms with Crippen molar-refractivity contribution in [3.8, 4) is 0 Å². The summed E-state index contributed by atoms with van der Waals surface area (Å²) >= 11 is 28.0. The van der Waals surface area contributed by atoms with E-state index in [2.05, 4.69) is 13.8 Å². The van der Waals surface area contributed by atoms with Gasteiger partial charge in [0.25, 0.3) is 0 Å². The Labute approximate surface area is 187 Å². The molecule has 2 aromatic rings. The van der Waals surface area contributed by atoms with Crippen LogP contribution in [0.25, 0.3) is 12.2 Å². The van der Waals surface area contributed by atoms with Gasteiger partial charge in [0, 0.05) is 31.2 Å². The second-order valence-corrected chi connectivity index (χ2v) is 11.4. The Morgan fingerprint density at radius 3 is 1.41 bits per heavy atom. The third-order valence-corrected chi connectivity index (χ3v) is 7.56. The Morgan fingerprint density at radius 2 is 1.07 bits per heavy atom. The molecule has 0 N–H and O–H groups in total. The quantitative estimate of drug-likeness (QED) is 0.405. The molecule has 0 saturated carbocycles. The molecule has 2 aromatic carbocycles. The fourth-order valence-electron chi connectivity index (χ4n) is 2.51. The minimum atomic E-state index is -0.257. The lowest BCUT2D eigenvalue weighted by Crippen LogP contribution is -2.20. The molecule has 1 aliphatic rings. The molecule has 0 radical (unpaired) electrons. The molecule has 140 valence electrons. The number of hydrogen-bond acceptors (Lipinski definition) is 3. The Morgan fingerprint density at radius 1 is 0.741 bits per heavy atom. The Kier molecular flexibility index (Phi) is 6.62. The zero-order valence-corrected chi connectivity index (χ0v) is 19.0. The van der Waals surface area contributed by atoms with E-state index in [1.165, 1.54) is 23.5 Å². The molecule has 3 rings (SSSR count). The maximum absolute atomic E-state index is 13.1. The topological polar surface area (TPSA) is 17.1 Å². The normalized spacial score (nSPS) is 19.7. The van der Waals surface area contributed by atoms with Crippen LogP contribution in [-0.2, 0) is 4.79 Å². The lowest BCUT2D eigenvalue weighted by atomic mass is 10.1. The van der Waals surface area contributed by atoms with Gasteiger partial charge in [0.2, 0.25) is 5.78 Å². The van der Waals surface area contributed by atoms with Gasteiger partial charge < -0.3 is 0 Å². The van der Waals surface area contributed by atoms with Gasteiger partial charge in [0.05, 0.1) is 13.9 Å². The van der Waals surface area contributed by atoms with Gasteiger partial charge in [-0.3, -0.25) is 4.79 Å². The molecule has 1 saturated heterocycles. The van der Waals surface area contributed by atoms with E-state index < -0.39 is 0 Å². The second-order valence-electron chi connectivity index (χ2n) is 6.22. The first kappa shape index (κ1) is 21.2. The van der Waals surface area contributed by atoms with Gasteiger partial charge in [-0.05, 0) is 50.3 Å². The van der Waals surface area contributed by atoms with Crippen LogP contribution in [0.1, 0.15) is 25.0 Å². The number of benzene rings is 2. The van der Waals surface area contributed by atoms with Crippen LogP contribution in [0.15, 0.2) is 46.2 Å². The van der Waals surface area contributed by atoms with Crippen LogP contribution in [0.5, 0.6) is 0 Å². The summed E-state index contributed by atoms with van der Waals surface area (Å²) in [6, 6.07) is 10.5. The highest BCUT2D eigenvalue weighted by Gasteiger charge is 2.35. The molecule has 1 aliphatic heterocycles. The Balaban J connectivity index is 2.09. The predicted octanol–water partition coefficient (Wildman–Crippen LogP) is 8.47. The average Bonchev–Trinajstić information content (AvgIpc) is 2.58. The van der Waals surface area contributed by atoms with Crippen molar-refractivity contribution in [2.45, 2.75) is 17.9 Å². The Bertz CT molecular complexity index is 864. The van der Waals surface area contributed by atoms with Crippen LogP contribution in [0.4, 0.5) is 0 Å². The lowest BCUT2D eigenvalue weighted by Gasteiger charge is -2.31. The lowest BCUT2D eigenvalue weighted by molar-refractivity contribution is -0.110. The Hall–Kier alpha value is -0.550. The van der Waals surface area contributed by atoms with Crippen LogP contribution in [0, 0.1) is 0 Å². The van der Waals surface area contributed by atoms with E-state index in [1.807, 2.05) is 0 Å². The summed E-state index contributed by atoms with van der Waals surface area (Å²) in [5, 5.41) is 2.00.